The Morgan fingerprint density at radius 3 is 2.50 bits per heavy atom. The summed E-state index contributed by atoms with van der Waals surface area (Å²) in [6, 6.07) is 8.18. The Morgan fingerprint density at radius 1 is 1.36 bits per heavy atom. The number of hydrogen-bond acceptors (Lipinski definition) is 2. The Bertz CT molecular complexity index is 374. The molecule has 0 aliphatic rings. The maximum atomic E-state index is 9.03. The Kier molecular flexibility index (Phi) is 2.81. The highest BCUT2D eigenvalue weighted by Crippen LogP contribution is 2.31. The molecule has 0 amide bonds. The van der Waals surface area contributed by atoms with Gasteiger partial charge in [0.15, 0.2) is 0 Å². The van der Waals surface area contributed by atoms with Crippen LogP contribution in [-0.2, 0) is 5.41 Å². The maximum Gasteiger partial charge on any atom is 0.123 e. The second-order valence-electron chi connectivity index (χ2n) is 3.94. The molecule has 0 heterocycles. The summed E-state index contributed by atoms with van der Waals surface area (Å²) in [7, 11) is 1.63. The van der Waals surface area contributed by atoms with Crippen molar-refractivity contribution in [2.45, 2.75) is 26.2 Å². The van der Waals surface area contributed by atoms with Crippen molar-refractivity contribution in [3.8, 4) is 11.8 Å². The van der Waals surface area contributed by atoms with Crippen molar-refractivity contribution in [2.24, 2.45) is 0 Å². The lowest BCUT2D eigenvalue weighted by molar-refractivity contribution is 0.402. The number of nitriles is 1. The molecule has 0 atom stereocenters. The van der Waals surface area contributed by atoms with Gasteiger partial charge < -0.3 is 4.74 Å². The van der Waals surface area contributed by atoms with Crippen LogP contribution in [0.3, 0.4) is 0 Å². The van der Waals surface area contributed by atoms with E-state index in [0.717, 1.165) is 16.9 Å². The molecule has 0 aromatic heterocycles. The van der Waals surface area contributed by atoms with Crippen LogP contribution in [0.15, 0.2) is 18.2 Å². The van der Waals surface area contributed by atoms with Gasteiger partial charge in [-0.15, -0.1) is 0 Å². The van der Waals surface area contributed by atoms with Crippen molar-refractivity contribution in [3.63, 3.8) is 0 Å². The molecule has 0 bridgehead atoms. The number of rotatable bonds is 2. The van der Waals surface area contributed by atoms with E-state index >= 15 is 0 Å². The van der Waals surface area contributed by atoms with Crippen LogP contribution in [-0.4, -0.2) is 7.11 Å². The first-order valence-corrected chi connectivity index (χ1v) is 4.57. The van der Waals surface area contributed by atoms with E-state index < -0.39 is 5.41 Å². The number of aryl methyl sites for hydroxylation is 1. The minimum absolute atomic E-state index is 0.501. The zero-order valence-electron chi connectivity index (χ0n) is 9.09. The first kappa shape index (κ1) is 10.6. The molecule has 0 fully saturated rings. The quantitative estimate of drug-likeness (QED) is 0.716. The van der Waals surface area contributed by atoms with Crippen LogP contribution in [0.1, 0.15) is 25.0 Å². The SMILES string of the molecule is COc1cc(C)ccc1C(C)(C)C#N. The van der Waals surface area contributed by atoms with Crippen LogP contribution in [0.4, 0.5) is 0 Å². The second-order valence-corrected chi connectivity index (χ2v) is 3.94. The second kappa shape index (κ2) is 3.71. The van der Waals surface area contributed by atoms with Gasteiger partial charge in [-0.2, -0.15) is 5.26 Å². The standard InChI is InChI=1S/C12H15NO/c1-9-5-6-10(11(7-9)14-4)12(2,3)8-13/h5-7H,1-4H3. The summed E-state index contributed by atoms with van der Waals surface area (Å²) in [6.45, 7) is 5.78. The lowest BCUT2D eigenvalue weighted by atomic mass is 9.85. The Balaban J connectivity index is 3.29. The summed E-state index contributed by atoms with van der Waals surface area (Å²) >= 11 is 0. The first-order chi connectivity index (χ1) is 6.51. The summed E-state index contributed by atoms with van der Waals surface area (Å²) in [5.74, 6) is 0.788. The molecule has 74 valence electrons. The van der Waals surface area contributed by atoms with Crippen LogP contribution in [0.25, 0.3) is 0 Å². The zero-order chi connectivity index (χ0) is 10.8. The van der Waals surface area contributed by atoms with Gasteiger partial charge in [-0.1, -0.05) is 12.1 Å². The van der Waals surface area contributed by atoms with Crippen molar-refractivity contribution < 1.29 is 4.74 Å². The van der Waals surface area contributed by atoms with Crippen molar-refractivity contribution in [1.82, 2.24) is 0 Å². The largest absolute Gasteiger partial charge is 0.496 e. The molecule has 1 rings (SSSR count). The Morgan fingerprint density at radius 2 is 2.00 bits per heavy atom. The van der Waals surface area contributed by atoms with Crippen LogP contribution in [0.5, 0.6) is 5.75 Å². The molecule has 1 aromatic rings. The van der Waals surface area contributed by atoms with E-state index in [-0.39, 0.29) is 0 Å². The van der Waals surface area contributed by atoms with Crippen LogP contribution in [0.2, 0.25) is 0 Å². The lowest BCUT2D eigenvalue weighted by Crippen LogP contribution is -2.15. The van der Waals surface area contributed by atoms with Crippen LogP contribution >= 0.6 is 0 Å². The molecule has 0 saturated carbocycles. The molecular formula is C12H15NO. The van der Waals surface area contributed by atoms with Crippen LogP contribution in [0, 0.1) is 18.3 Å². The molecule has 0 N–H and O–H groups in total. The number of ether oxygens (including phenoxy) is 1. The van der Waals surface area contributed by atoms with Gasteiger partial charge in [-0.25, -0.2) is 0 Å². The average molecular weight is 189 g/mol. The molecule has 0 aliphatic carbocycles. The summed E-state index contributed by atoms with van der Waals surface area (Å²) in [5, 5.41) is 9.03. The Hall–Kier alpha value is -1.49. The molecule has 2 heteroatoms. The fraction of sp³-hybridized carbons (Fsp3) is 0.417. The number of nitrogens with zero attached hydrogens (tertiary/aromatic N) is 1. The van der Waals surface area contributed by atoms with Gasteiger partial charge >= 0.3 is 0 Å². The fourth-order valence-electron chi connectivity index (χ4n) is 1.37. The molecule has 0 aliphatic heterocycles. The van der Waals surface area contributed by atoms with E-state index in [9.17, 15) is 0 Å². The highest BCUT2D eigenvalue weighted by molar-refractivity contribution is 5.44. The van der Waals surface area contributed by atoms with E-state index in [4.69, 9.17) is 10.00 Å². The minimum atomic E-state index is -0.501. The van der Waals surface area contributed by atoms with Gasteiger partial charge in [0, 0.05) is 5.56 Å². The lowest BCUT2D eigenvalue weighted by Gasteiger charge is -2.19. The number of hydrogen-bond donors (Lipinski definition) is 0. The van der Waals surface area contributed by atoms with Crippen molar-refractivity contribution in [2.75, 3.05) is 7.11 Å². The molecule has 0 unspecified atom stereocenters. The van der Waals surface area contributed by atoms with Gasteiger partial charge in [0.25, 0.3) is 0 Å². The topological polar surface area (TPSA) is 33.0 Å². The molecule has 0 saturated heterocycles. The molecule has 2 nitrogen and oxygen atoms in total. The first-order valence-electron chi connectivity index (χ1n) is 4.57. The van der Waals surface area contributed by atoms with Gasteiger partial charge in [-0.05, 0) is 32.4 Å². The smallest absolute Gasteiger partial charge is 0.123 e. The highest BCUT2D eigenvalue weighted by Gasteiger charge is 2.23. The van der Waals surface area contributed by atoms with Gasteiger partial charge in [0.2, 0.25) is 0 Å². The van der Waals surface area contributed by atoms with Crippen LogP contribution < -0.4 is 4.74 Å². The number of methoxy groups -OCH3 is 1. The molecule has 14 heavy (non-hydrogen) atoms. The molecule has 0 radical (unpaired) electrons. The number of benzene rings is 1. The molecule has 1 aromatic carbocycles. The Labute approximate surface area is 85.1 Å². The predicted octanol–water partition coefficient (Wildman–Crippen LogP) is 2.80. The van der Waals surface area contributed by atoms with Gasteiger partial charge in [-0.3, -0.25) is 0 Å². The third-order valence-electron chi connectivity index (χ3n) is 2.31. The van der Waals surface area contributed by atoms with Crippen molar-refractivity contribution >= 4 is 0 Å². The van der Waals surface area contributed by atoms with Gasteiger partial charge in [0.05, 0.1) is 18.6 Å². The third-order valence-corrected chi connectivity index (χ3v) is 2.31. The van der Waals surface area contributed by atoms with E-state index in [1.54, 1.807) is 7.11 Å². The monoisotopic (exact) mass is 189 g/mol. The van der Waals surface area contributed by atoms with E-state index in [0.29, 0.717) is 0 Å². The van der Waals surface area contributed by atoms with E-state index in [1.165, 1.54) is 0 Å². The van der Waals surface area contributed by atoms with Gasteiger partial charge in [0.1, 0.15) is 5.75 Å². The normalized spacial score (nSPS) is 10.8. The molecular weight excluding hydrogens is 174 g/mol. The minimum Gasteiger partial charge on any atom is -0.496 e. The average Bonchev–Trinajstić information content (AvgIpc) is 2.17. The molecule has 0 spiro atoms. The summed E-state index contributed by atoms with van der Waals surface area (Å²) < 4.78 is 5.26. The summed E-state index contributed by atoms with van der Waals surface area (Å²) in [5.41, 5.74) is 1.58. The maximum absolute atomic E-state index is 9.03. The van der Waals surface area contributed by atoms with E-state index in [2.05, 4.69) is 6.07 Å². The predicted molar refractivity (Wildman–Crippen MR) is 56.4 cm³/mol. The summed E-state index contributed by atoms with van der Waals surface area (Å²) in [6.07, 6.45) is 0. The fourth-order valence-corrected chi connectivity index (χ4v) is 1.37. The van der Waals surface area contributed by atoms with E-state index in [1.807, 2.05) is 39.0 Å². The zero-order valence-corrected chi connectivity index (χ0v) is 9.09. The third kappa shape index (κ3) is 1.88. The highest BCUT2D eigenvalue weighted by atomic mass is 16.5. The van der Waals surface area contributed by atoms with Crippen molar-refractivity contribution in [3.05, 3.63) is 29.3 Å². The van der Waals surface area contributed by atoms with Crippen molar-refractivity contribution in [1.29, 1.82) is 5.26 Å². The summed E-state index contributed by atoms with van der Waals surface area (Å²) in [4.78, 5) is 0.